The van der Waals surface area contributed by atoms with E-state index < -0.39 is 0 Å². The highest BCUT2D eigenvalue weighted by Gasteiger charge is 2.18. The number of aromatic nitrogens is 1. The fraction of sp³-hybridized carbons (Fsp3) is 0.200. The van der Waals surface area contributed by atoms with Gasteiger partial charge < -0.3 is 9.64 Å². The van der Waals surface area contributed by atoms with Gasteiger partial charge in [0.2, 0.25) is 0 Å². The Bertz CT molecular complexity index is 813. The van der Waals surface area contributed by atoms with Crippen molar-refractivity contribution in [3.8, 4) is 0 Å². The van der Waals surface area contributed by atoms with Crippen LogP contribution in [0.5, 0.6) is 0 Å². The molecule has 0 saturated carbocycles. The van der Waals surface area contributed by atoms with Gasteiger partial charge in [-0.05, 0) is 34.5 Å². The minimum atomic E-state index is 0.0145. The van der Waals surface area contributed by atoms with Crippen LogP contribution in [0, 0.1) is 0 Å². The van der Waals surface area contributed by atoms with E-state index in [9.17, 15) is 4.79 Å². The van der Waals surface area contributed by atoms with Crippen LogP contribution in [0.4, 0.5) is 0 Å². The first-order valence-electron chi connectivity index (χ1n) is 7.94. The average Bonchev–Trinajstić information content (AvgIpc) is 2.65. The maximum absolute atomic E-state index is 13.1. The third-order valence-corrected chi connectivity index (χ3v) is 4.00. The Kier molecular flexibility index (Phi) is 5.18. The molecule has 0 aliphatic carbocycles. The number of pyridine rings is 1. The van der Waals surface area contributed by atoms with Crippen molar-refractivity contribution < 1.29 is 9.53 Å². The molecule has 0 spiro atoms. The topological polar surface area (TPSA) is 42.4 Å². The summed E-state index contributed by atoms with van der Waals surface area (Å²) in [5, 5.41) is 2.04. The molecule has 0 bridgehead atoms. The monoisotopic (exact) mass is 320 g/mol. The van der Waals surface area contributed by atoms with Crippen LogP contribution in [0.1, 0.15) is 15.9 Å². The third kappa shape index (κ3) is 3.60. The van der Waals surface area contributed by atoms with E-state index in [1.165, 1.54) is 0 Å². The molecule has 1 aromatic heterocycles. The van der Waals surface area contributed by atoms with Crippen LogP contribution in [0.3, 0.4) is 0 Å². The van der Waals surface area contributed by atoms with Crippen LogP contribution >= 0.6 is 0 Å². The number of amides is 1. The van der Waals surface area contributed by atoms with Crippen molar-refractivity contribution in [3.63, 3.8) is 0 Å². The van der Waals surface area contributed by atoms with E-state index in [-0.39, 0.29) is 5.91 Å². The molecule has 2 aromatic carbocycles. The van der Waals surface area contributed by atoms with Crippen molar-refractivity contribution in [3.05, 3.63) is 78.1 Å². The van der Waals surface area contributed by atoms with E-state index >= 15 is 0 Å². The van der Waals surface area contributed by atoms with E-state index in [4.69, 9.17) is 4.74 Å². The minimum absolute atomic E-state index is 0.0145. The summed E-state index contributed by atoms with van der Waals surface area (Å²) in [4.78, 5) is 19.0. The normalized spacial score (nSPS) is 10.7. The molecule has 24 heavy (non-hydrogen) atoms. The molecular formula is C20H20N2O2. The molecule has 1 heterocycles. The molecule has 0 fully saturated rings. The highest BCUT2D eigenvalue weighted by molar-refractivity contribution is 6.07. The van der Waals surface area contributed by atoms with Crippen LogP contribution in [0.25, 0.3) is 10.8 Å². The molecule has 122 valence electrons. The Morgan fingerprint density at radius 3 is 2.58 bits per heavy atom. The number of carbonyl (C=O) groups is 1. The Morgan fingerprint density at radius 2 is 1.79 bits per heavy atom. The van der Waals surface area contributed by atoms with Gasteiger partial charge >= 0.3 is 0 Å². The van der Waals surface area contributed by atoms with Crippen LogP contribution in [-0.2, 0) is 11.3 Å². The summed E-state index contributed by atoms with van der Waals surface area (Å²) < 4.78 is 5.18. The fourth-order valence-corrected chi connectivity index (χ4v) is 2.74. The van der Waals surface area contributed by atoms with Crippen LogP contribution in [0.2, 0.25) is 0 Å². The number of benzene rings is 2. The van der Waals surface area contributed by atoms with Crippen LogP contribution < -0.4 is 0 Å². The standard InChI is InChI=1S/C20H20N2O2/c1-24-14-13-22(15-16-9-11-21-12-10-16)20(23)19-8-4-6-17-5-2-3-7-18(17)19/h2-12H,13-15H2,1H3. The van der Waals surface area contributed by atoms with E-state index in [0.717, 1.165) is 21.9 Å². The molecule has 0 unspecified atom stereocenters. The quantitative estimate of drug-likeness (QED) is 0.698. The average molecular weight is 320 g/mol. The number of hydrogen-bond acceptors (Lipinski definition) is 3. The Balaban J connectivity index is 1.92. The van der Waals surface area contributed by atoms with Crippen LogP contribution in [-0.4, -0.2) is 36.1 Å². The molecule has 0 radical (unpaired) electrons. The summed E-state index contributed by atoms with van der Waals surface area (Å²) in [7, 11) is 1.65. The molecule has 0 saturated heterocycles. The van der Waals surface area contributed by atoms with Crippen molar-refractivity contribution in [1.29, 1.82) is 0 Å². The number of hydrogen-bond donors (Lipinski definition) is 0. The first-order chi connectivity index (χ1) is 11.8. The summed E-state index contributed by atoms with van der Waals surface area (Å²) in [6.07, 6.45) is 3.48. The predicted octanol–water partition coefficient (Wildman–Crippen LogP) is 3.52. The zero-order chi connectivity index (χ0) is 16.8. The highest BCUT2D eigenvalue weighted by Crippen LogP contribution is 2.20. The number of rotatable bonds is 6. The van der Waals surface area contributed by atoms with E-state index in [0.29, 0.717) is 19.7 Å². The Morgan fingerprint density at radius 1 is 1.04 bits per heavy atom. The zero-order valence-corrected chi connectivity index (χ0v) is 13.7. The highest BCUT2D eigenvalue weighted by atomic mass is 16.5. The lowest BCUT2D eigenvalue weighted by Gasteiger charge is -2.23. The molecule has 0 aliphatic heterocycles. The van der Waals surface area contributed by atoms with Crippen molar-refractivity contribution in [2.24, 2.45) is 0 Å². The second kappa shape index (κ2) is 7.70. The van der Waals surface area contributed by atoms with Gasteiger partial charge in [-0.15, -0.1) is 0 Å². The lowest BCUT2D eigenvalue weighted by molar-refractivity contribution is 0.0682. The van der Waals surface area contributed by atoms with Gasteiger partial charge in [-0.3, -0.25) is 9.78 Å². The van der Waals surface area contributed by atoms with Gasteiger partial charge in [0.15, 0.2) is 0 Å². The zero-order valence-electron chi connectivity index (χ0n) is 13.7. The van der Waals surface area contributed by atoms with Gasteiger partial charge in [0.1, 0.15) is 0 Å². The number of methoxy groups -OCH3 is 1. The molecule has 0 aliphatic rings. The molecular weight excluding hydrogens is 300 g/mol. The van der Waals surface area contributed by atoms with E-state index in [1.807, 2.05) is 59.5 Å². The second-order valence-electron chi connectivity index (χ2n) is 5.60. The largest absolute Gasteiger partial charge is 0.383 e. The third-order valence-electron chi connectivity index (χ3n) is 4.00. The number of nitrogens with zero attached hydrogens (tertiary/aromatic N) is 2. The molecule has 0 atom stereocenters. The van der Waals surface area contributed by atoms with E-state index in [2.05, 4.69) is 4.98 Å². The summed E-state index contributed by atoms with van der Waals surface area (Å²) in [6.45, 7) is 1.58. The number of fused-ring (bicyclic) bond motifs is 1. The lowest BCUT2D eigenvalue weighted by Crippen LogP contribution is -2.33. The summed E-state index contributed by atoms with van der Waals surface area (Å²) in [5.41, 5.74) is 1.77. The second-order valence-corrected chi connectivity index (χ2v) is 5.60. The van der Waals surface area contributed by atoms with Gasteiger partial charge in [-0.1, -0.05) is 36.4 Å². The van der Waals surface area contributed by atoms with Crippen molar-refractivity contribution in [2.45, 2.75) is 6.54 Å². The van der Waals surface area contributed by atoms with Crippen molar-refractivity contribution >= 4 is 16.7 Å². The number of carbonyl (C=O) groups excluding carboxylic acids is 1. The van der Waals surface area contributed by atoms with Gasteiger partial charge in [0, 0.05) is 38.2 Å². The first-order valence-corrected chi connectivity index (χ1v) is 7.94. The maximum Gasteiger partial charge on any atom is 0.254 e. The smallest absolute Gasteiger partial charge is 0.254 e. The fourth-order valence-electron chi connectivity index (χ4n) is 2.74. The Labute approximate surface area is 141 Å². The van der Waals surface area contributed by atoms with Gasteiger partial charge in [0.25, 0.3) is 5.91 Å². The molecule has 4 heteroatoms. The van der Waals surface area contributed by atoms with Crippen molar-refractivity contribution in [1.82, 2.24) is 9.88 Å². The first kappa shape index (κ1) is 16.1. The maximum atomic E-state index is 13.1. The van der Waals surface area contributed by atoms with Gasteiger partial charge in [-0.2, -0.15) is 0 Å². The SMILES string of the molecule is COCCN(Cc1ccncc1)C(=O)c1cccc2ccccc12. The van der Waals surface area contributed by atoms with Crippen LogP contribution in [0.15, 0.2) is 67.0 Å². The summed E-state index contributed by atoms with van der Waals surface area (Å²) in [5.74, 6) is 0.0145. The summed E-state index contributed by atoms with van der Waals surface area (Å²) in [6, 6.07) is 17.6. The predicted molar refractivity (Wildman–Crippen MR) is 94.8 cm³/mol. The molecule has 3 rings (SSSR count). The molecule has 4 nitrogen and oxygen atoms in total. The minimum Gasteiger partial charge on any atom is -0.383 e. The summed E-state index contributed by atoms with van der Waals surface area (Å²) >= 11 is 0. The van der Waals surface area contributed by atoms with E-state index in [1.54, 1.807) is 19.5 Å². The lowest BCUT2D eigenvalue weighted by atomic mass is 10.0. The van der Waals surface area contributed by atoms with Crippen molar-refractivity contribution in [2.75, 3.05) is 20.3 Å². The Hall–Kier alpha value is -2.72. The molecule has 0 N–H and O–H groups in total. The van der Waals surface area contributed by atoms with Gasteiger partial charge in [-0.25, -0.2) is 0 Å². The van der Waals surface area contributed by atoms with Gasteiger partial charge in [0.05, 0.1) is 6.61 Å². The number of ether oxygens (including phenoxy) is 1. The molecule has 3 aromatic rings. The molecule has 1 amide bonds.